The molecule has 1 heteroatoms. The van der Waals surface area contributed by atoms with E-state index in [-0.39, 0.29) is 0 Å². The van der Waals surface area contributed by atoms with Crippen LogP contribution in [0.4, 0.5) is 0 Å². The molecular weight excluding hydrogens is 283 g/mol. The van der Waals surface area contributed by atoms with E-state index < -0.39 is 0 Å². The van der Waals surface area contributed by atoms with Crippen molar-refractivity contribution in [2.75, 3.05) is 0 Å². The molecule has 22 heavy (non-hydrogen) atoms. The maximum absolute atomic E-state index is 3.08. The van der Waals surface area contributed by atoms with Crippen molar-refractivity contribution >= 4 is 9.24 Å². The Morgan fingerprint density at radius 3 is 1.09 bits per heavy atom. The normalized spacial score (nSPS) is 12.7. The van der Waals surface area contributed by atoms with Crippen molar-refractivity contribution in [1.29, 1.82) is 0 Å². The highest BCUT2D eigenvalue weighted by Gasteiger charge is 2.02. The standard InChI is InChI=1S/C21H45P/c1-3-5-7-9-10-11-12-13-14-15-16-18-20-21(22)19-17-8-6-4-2/h21H,3-20,22H2,1-2H3. The van der Waals surface area contributed by atoms with Gasteiger partial charge in [0, 0.05) is 0 Å². The predicted octanol–water partition coefficient (Wildman–Crippen LogP) is 8.29. The molecule has 0 aliphatic heterocycles. The Bertz CT molecular complexity index is 190. The molecule has 134 valence electrons. The Balaban J connectivity index is 3.07. The molecule has 0 aliphatic rings. The summed E-state index contributed by atoms with van der Waals surface area (Å²) in [5, 5.41) is 0. The van der Waals surface area contributed by atoms with Gasteiger partial charge in [0.2, 0.25) is 0 Å². The Hall–Kier alpha value is 0.430. The van der Waals surface area contributed by atoms with E-state index in [1.165, 1.54) is 116 Å². The van der Waals surface area contributed by atoms with Gasteiger partial charge in [-0.2, -0.15) is 0 Å². The van der Waals surface area contributed by atoms with Crippen LogP contribution in [0.3, 0.4) is 0 Å². The summed E-state index contributed by atoms with van der Waals surface area (Å²) in [6.45, 7) is 4.59. The van der Waals surface area contributed by atoms with Crippen molar-refractivity contribution in [3.8, 4) is 0 Å². The summed E-state index contributed by atoms with van der Waals surface area (Å²) in [4.78, 5) is 0. The minimum atomic E-state index is 0.889. The van der Waals surface area contributed by atoms with Crippen LogP contribution in [-0.2, 0) is 0 Å². The molecule has 0 nitrogen and oxygen atoms in total. The van der Waals surface area contributed by atoms with E-state index in [1.807, 2.05) is 0 Å². The second kappa shape index (κ2) is 19.5. The first kappa shape index (κ1) is 22.4. The summed E-state index contributed by atoms with van der Waals surface area (Å²) >= 11 is 0. The largest absolute Gasteiger partial charge is 0.134 e. The van der Waals surface area contributed by atoms with Crippen LogP contribution in [0.25, 0.3) is 0 Å². The highest BCUT2D eigenvalue weighted by atomic mass is 31.0. The Morgan fingerprint density at radius 1 is 0.455 bits per heavy atom. The van der Waals surface area contributed by atoms with Gasteiger partial charge in [-0.05, 0) is 18.5 Å². The van der Waals surface area contributed by atoms with Gasteiger partial charge in [0.25, 0.3) is 0 Å². The zero-order valence-electron chi connectivity index (χ0n) is 15.9. The SMILES string of the molecule is CCCCCCCCCCCCCCC(P)CCCCCC. The van der Waals surface area contributed by atoms with Gasteiger partial charge in [-0.1, -0.05) is 117 Å². The smallest absolute Gasteiger partial charge is 0.0264 e. The first-order valence-electron chi connectivity index (χ1n) is 10.6. The van der Waals surface area contributed by atoms with E-state index >= 15 is 0 Å². The molecule has 0 aromatic rings. The second-order valence-electron chi connectivity index (χ2n) is 7.29. The number of hydrogen-bond donors (Lipinski definition) is 0. The van der Waals surface area contributed by atoms with Crippen LogP contribution in [-0.4, -0.2) is 5.66 Å². The lowest BCUT2D eigenvalue weighted by Gasteiger charge is -2.10. The third-order valence-corrected chi connectivity index (χ3v) is 5.52. The van der Waals surface area contributed by atoms with Gasteiger partial charge in [-0.25, -0.2) is 0 Å². The molecule has 0 saturated carbocycles. The van der Waals surface area contributed by atoms with Crippen molar-refractivity contribution in [2.45, 2.75) is 135 Å². The lowest BCUT2D eigenvalue weighted by Crippen LogP contribution is -1.97. The van der Waals surface area contributed by atoms with Crippen molar-refractivity contribution < 1.29 is 0 Å². The van der Waals surface area contributed by atoms with Crippen LogP contribution in [0.2, 0.25) is 0 Å². The van der Waals surface area contributed by atoms with E-state index in [0.29, 0.717) is 0 Å². The predicted molar refractivity (Wildman–Crippen MR) is 108 cm³/mol. The molecule has 2 unspecified atom stereocenters. The third kappa shape index (κ3) is 18.5. The molecule has 0 bridgehead atoms. The van der Waals surface area contributed by atoms with Gasteiger partial charge in [0.05, 0.1) is 0 Å². The van der Waals surface area contributed by atoms with Gasteiger partial charge in [-0.3, -0.25) is 0 Å². The molecule has 0 fully saturated rings. The van der Waals surface area contributed by atoms with Crippen molar-refractivity contribution in [1.82, 2.24) is 0 Å². The van der Waals surface area contributed by atoms with Crippen molar-refractivity contribution in [3.05, 3.63) is 0 Å². The monoisotopic (exact) mass is 328 g/mol. The highest BCUT2D eigenvalue weighted by molar-refractivity contribution is 7.17. The molecule has 0 aromatic carbocycles. The Morgan fingerprint density at radius 2 is 0.727 bits per heavy atom. The summed E-state index contributed by atoms with van der Waals surface area (Å²) < 4.78 is 0. The summed E-state index contributed by atoms with van der Waals surface area (Å²) in [5.41, 5.74) is 0.889. The zero-order valence-corrected chi connectivity index (χ0v) is 17.0. The van der Waals surface area contributed by atoms with Gasteiger partial charge in [-0.15, -0.1) is 9.24 Å². The Kier molecular flexibility index (Phi) is 19.9. The van der Waals surface area contributed by atoms with Crippen LogP contribution in [0.15, 0.2) is 0 Å². The van der Waals surface area contributed by atoms with E-state index in [0.717, 1.165) is 5.66 Å². The molecule has 0 aliphatic carbocycles. The Labute approximate surface area is 144 Å². The lowest BCUT2D eigenvalue weighted by molar-refractivity contribution is 0.528. The molecular formula is C21H45P. The second-order valence-corrected chi connectivity index (χ2v) is 8.23. The summed E-state index contributed by atoms with van der Waals surface area (Å²) in [7, 11) is 3.08. The van der Waals surface area contributed by atoms with Crippen LogP contribution < -0.4 is 0 Å². The number of unbranched alkanes of at least 4 members (excludes halogenated alkanes) is 14. The molecule has 0 saturated heterocycles. The summed E-state index contributed by atoms with van der Waals surface area (Å²) in [6.07, 6.45) is 26.1. The van der Waals surface area contributed by atoms with Crippen molar-refractivity contribution in [2.24, 2.45) is 0 Å². The van der Waals surface area contributed by atoms with Crippen LogP contribution >= 0.6 is 9.24 Å². The lowest BCUT2D eigenvalue weighted by atomic mass is 10.0. The average Bonchev–Trinajstić information content (AvgIpc) is 2.52. The van der Waals surface area contributed by atoms with Crippen LogP contribution in [0.5, 0.6) is 0 Å². The quantitative estimate of drug-likeness (QED) is 0.175. The summed E-state index contributed by atoms with van der Waals surface area (Å²) in [5.74, 6) is 0. The molecule has 2 atom stereocenters. The zero-order chi connectivity index (χ0) is 16.3. The maximum atomic E-state index is 3.08. The molecule has 0 amide bonds. The fourth-order valence-corrected chi connectivity index (χ4v) is 3.70. The van der Waals surface area contributed by atoms with Crippen LogP contribution in [0, 0.1) is 0 Å². The highest BCUT2D eigenvalue weighted by Crippen LogP contribution is 2.19. The first-order chi connectivity index (χ1) is 10.8. The topological polar surface area (TPSA) is 0 Å². The van der Waals surface area contributed by atoms with E-state index in [1.54, 1.807) is 0 Å². The maximum Gasteiger partial charge on any atom is -0.0264 e. The molecule has 0 aromatic heterocycles. The molecule has 0 rings (SSSR count). The fraction of sp³-hybridized carbons (Fsp3) is 1.00. The fourth-order valence-electron chi connectivity index (χ4n) is 3.23. The van der Waals surface area contributed by atoms with Crippen LogP contribution in [0.1, 0.15) is 129 Å². The van der Waals surface area contributed by atoms with Gasteiger partial charge in [0.15, 0.2) is 0 Å². The minimum absolute atomic E-state index is 0.889. The number of rotatable bonds is 18. The first-order valence-corrected chi connectivity index (χ1v) is 11.2. The van der Waals surface area contributed by atoms with E-state index in [2.05, 4.69) is 23.1 Å². The van der Waals surface area contributed by atoms with E-state index in [9.17, 15) is 0 Å². The molecule has 0 heterocycles. The molecule has 0 N–H and O–H groups in total. The van der Waals surface area contributed by atoms with Crippen molar-refractivity contribution in [3.63, 3.8) is 0 Å². The average molecular weight is 329 g/mol. The van der Waals surface area contributed by atoms with Gasteiger partial charge >= 0.3 is 0 Å². The van der Waals surface area contributed by atoms with Gasteiger partial charge < -0.3 is 0 Å². The van der Waals surface area contributed by atoms with Gasteiger partial charge in [0.1, 0.15) is 0 Å². The van der Waals surface area contributed by atoms with E-state index in [4.69, 9.17) is 0 Å². The third-order valence-electron chi connectivity index (χ3n) is 4.86. The molecule has 0 spiro atoms. The summed E-state index contributed by atoms with van der Waals surface area (Å²) in [6, 6.07) is 0. The molecule has 0 radical (unpaired) electrons. The number of hydrogen-bond acceptors (Lipinski definition) is 0. The minimum Gasteiger partial charge on any atom is -0.134 e.